The lowest BCUT2D eigenvalue weighted by Crippen LogP contribution is -2.47. The van der Waals surface area contributed by atoms with E-state index in [9.17, 15) is 0 Å². The standard InChI is InChI=1S/C16H22N2/c1-2-4-11(5-3-1)15-10-16(15)18-14-8-12-6-7-13(9-14)17-12/h1-5,12-18H,6-10H2/t12?,13?,14?,15-,16?/m1/s1. The molecule has 2 saturated heterocycles. The molecule has 1 aromatic rings. The smallest absolute Gasteiger partial charge is 0.0145 e. The summed E-state index contributed by atoms with van der Waals surface area (Å²) in [7, 11) is 0. The van der Waals surface area contributed by atoms with Crippen molar-refractivity contribution < 1.29 is 0 Å². The van der Waals surface area contributed by atoms with Crippen LogP contribution in [-0.4, -0.2) is 24.2 Å². The van der Waals surface area contributed by atoms with Crippen molar-refractivity contribution in [3.8, 4) is 0 Å². The summed E-state index contributed by atoms with van der Waals surface area (Å²) in [6.07, 6.45) is 6.82. The van der Waals surface area contributed by atoms with Gasteiger partial charge in [-0.05, 0) is 37.7 Å². The molecule has 1 saturated carbocycles. The molecule has 1 aromatic carbocycles. The second kappa shape index (κ2) is 4.36. The molecule has 2 bridgehead atoms. The Balaban J connectivity index is 1.35. The molecule has 96 valence electrons. The number of hydrogen-bond donors (Lipinski definition) is 2. The van der Waals surface area contributed by atoms with E-state index in [-0.39, 0.29) is 0 Å². The van der Waals surface area contributed by atoms with Crippen LogP contribution in [0.4, 0.5) is 0 Å². The Hall–Kier alpha value is -0.860. The van der Waals surface area contributed by atoms with Gasteiger partial charge in [0.05, 0.1) is 0 Å². The number of piperidine rings is 1. The van der Waals surface area contributed by atoms with E-state index in [1.807, 2.05) is 0 Å². The molecule has 3 aliphatic rings. The molecule has 0 spiro atoms. The van der Waals surface area contributed by atoms with E-state index in [2.05, 4.69) is 41.0 Å². The third-order valence-electron chi connectivity index (χ3n) is 4.94. The van der Waals surface area contributed by atoms with Gasteiger partial charge in [-0.3, -0.25) is 0 Å². The van der Waals surface area contributed by atoms with Gasteiger partial charge in [-0.2, -0.15) is 0 Å². The van der Waals surface area contributed by atoms with Crippen LogP contribution in [0, 0.1) is 0 Å². The summed E-state index contributed by atoms with van der Waals surface area (Å²) in [5, 5.41) is 7.62. The van der Waals surface area contributed by atoms with Crippen molar-refractivity contribution in [3.63, 3.8) is 0 Å². The zero-order valence-electron chi connectivity index (χ0n) is 10.8. The van der Waals surface area contributed by atoms with Crippen molar-refractivity contribution in [2.24, 2.45) is 0 Å². The van der Waals surface area contributed by atoms with E-state index < -0.39 is 0 Å². The normalized spacial score (nSPS) is 41.9. The summed E-state index contributed by atoms with van der Waals surface area (Å²) < 4.78 is 0. The van der Waals surface area contributed by atoms with E-state index in [0.717, 1.165) is 30.1 Å². The van der Waals surface area contributed by atoms with Crippen molar-refractivity contribution in [2.75, 3.05) is 0 Å². The maximum Gasteiger partial charge on any atom is 0.0145 e. The molecule has 4 rings (SSSR count). The summed E-state index contributed by atoms with van der Waals surface area (Å²) in [5.74, 6) is 0.777. The average molecular weight is 242 g/mol. The zero-order valence-corrected chi connectivity index (χ0v) is 10.8. The lowest BCUT2D eigenvalue weighted by Gasteiger charge is -2.30. The molecule has 1 aliphatic carbocycles. The number of fused-ring (bicyclic) bond motifs is 2. The Morgan fingerprint density at radius 2 is 1.67 bits per heavy atom. The minimum atomic E-state index is 0.745. The van der Waals surface area contributed by atoms with Gasteiger partial charge in [0.15, 0.2) is 0 Å². The summed E-state index contributed by atoms with van der Waals surface area (Å²) in [5.41, 5.74) is 1.52. The summed E-state index contributed by atoms with van der Waals surface area (Å²) in [6.45, 7) is 0. The number of rotatable bonds is 3. The Morgan fingerprint density at radius 1 is 0.944 bits per heavy atom. The Bertz CT molecular complexity index is 404. The van der Waals surface area contributed by atoms with Crippen LogP contribution in [0.15, 0.2) is 30.3 Å². The monoisotopic (exact) mass is 242 g/mol. The van der Waals surface area contributed by atoms with Crippen LogP contribution in [0.5, 0.6) is 0 Å². The zero-order chi connectivity index (χ0) is 11.9. The van der Waals surface area contributed by atoms with Crippen LogP contribution in [-0.2, 0) is 0 Å². The maximum absolute atomic E-state index is 3.90. The summed E-state index contributed by atoms with van der Waals surface area (Å²) >= 11 is 0. The van der Waals surface area contributed by atoms with Crippen LogP contribution in [0.2, 0.25) is 0 Å². The predicted octanol–water partition coefficient (Wildman–Crippen LogP) is 2.42. The van der Waals surface area contributed by atoms with Gasteiger partial charge in [-0.1, -0.05) is 30.3 Å². The van der Waals surface area contributed by atoms with E-state index in [0.29, 0.717) is 0 Å². The van der Waals surface area contributed by atoms with Gasteiger partial charge in [0.25, 0.3) is 0 Å². The van der Waals surface area contributed by atoms with Crippen LogP contribution in [0.3, 0.4) is 0 Å². The first-order valence-corrected chi connectivity index (χ1v) is 7.45. The van der Waals surface area contributed by atoms with E-state index in [1.165, 1.54) is 37.7 Å². The largest absolute Gasteiger partial charge is 0.311 e. The van der Waals surface area contributed by atoms with Crippen LogP contribution >= 0.6 is 0 Å². The first kappa shape index (κ1) is 11.0. The predicted molar refractivity (Wildman–Crippen MR) is 73.7 cm³/mol. The molecule has 2 nitrogen and oxygen atoms in total. The SMILES string of the molecule is c1ccc([C@H]2CC2NC2CC3CCC(C2)N3)cc1. The number of nitrogens with one attached hydrogen (secondary N) is 2. The van der Waals surface area contributed by atoms with Gasteiger partial charge in [0.2, 0.25) is 0 Å². The van der Waals surface area contributed by atoms with Gasteiger partial charge in [-0.15, -0.1) is 0 Å². The second-order valence-electron chi connectivity index (χ2n) is 6.33. The highest BCUT2D eigenvalue weighted by molar-refractivity contribution is 5.27. The molecule has 18 heavy (non-hydrogen) atoms. The molecule has 3 fully saturated rings. The molecule has 0 amide bonds. The minimum Gasteiger partial charge on any atom is -0.311 e. The summed E-state index contributed by atoms with van der Waals surface area (Å²) in [4.78, 5) is 0. The van der Waals surface area contributed by atoms with Crippen molar-refractivity contribution in [2.45, 2.75) is 62.2 Å². The van der Waals surface area contributed by atoms with Crippen LogP contribution in [0.25, 0.3) is 0 Å². The van der Waals surface area contributed by atoms with Crippen molar-refractivity contribution >= 4 is 0 Å². The Morgan fingerprint density at radius 3 is 2.39 bits per heavy atom. The molecule has 2 N–H and O–H groups in total. The van der Waals surface area contributed by atoms with E-state index in [1.54, 1.807) is 0 Å². The lowest BCUT2D eigenvalue weighted by molar-refractivity contribution is 0.315. The fourth-order valence-corrected chi connectivity index (χ4v) is 3.94. The van der Waals surface area contributed by atoms with Gasteiger partial charge in [0, 0.05) is 30.1 Å². The molecular formula is C16H22N2. The third kappa shape index (κ3) is 2.08. The van der Waals surface area contributed by atoms with E-state index >= 15 is 0 Å². The molecule has 0 radical (unpaired) electrons. The van der Waals surface area contributed by atoms with Gasteiger partial charge < -0.3 is 10.6 Å². The topological polar surface area (TPSA) is 24.1 Å². The van der Waals surface area contributed by atoms with Crippen molar-refractivity contribution in [1.82, 2.24) is 10.6 Å². The summed E-state index contributed by atoms with van der Waals surface area (Å²) in [6, 6.07) is 14.1. The lowest BCUT2D eigenvalue weighted by atomic mass is 9.99. The number of benzene rings is 1. The highest BCUT2D eigenvalue weighted by Gasteiger charge is 2.41. The Labute approximate surface area is 109 Å². The fraction of sp³-hybridized carbons (Fsp3) is 0.625. The molecule has 2 heteroatoms. The number of hydrogen-bond acceptors (Lipinski definition) is 2. The molecule has 2 aliphatic heterocycles. The van der Waals surface area contributed by atoms with E-state index in [4.69, 9.17) is 0 Å². The van der Waals surface area contributed by atoms with Crippen molar-refractivity contribution in [1.29, 1.82) is 0 Å². The molecule has 4 atom stereocenters. The molecule has 0 aromatic heterocycles. The van der Waals surface area contributed by atoms with Gasteiger partial charge >= 0.3 is 0 Å². The highest BCUT2D eigenvalue weighted by Crippen LogP contribution is 2.41. The molecule has 2 heterocycles. The van der Waals surface area contributed by atoms with Crippen molar-refractivity contribution in [3.05, 3.63) is 35.9 Å². The van der Waals surface area contributed by atoms with Gasteiger partial charge in [-0.25, -0.2) is 0 Å². The second-order valence-corrected chi connectivity index (χ2v) is 6.33. The highest BCUT2D eigenvalue weighted by atomic mass is 15.1. The quantitative estimate of drug-likeness (QED) is 0.850. The molecule has 3 unspecified atom stereocenters. The first-order chi connectivity index (χ1) is 8.88. The molecular weight excluding hydrogens is 220 g/mol. The third-order valence-corrected chi connectivity index (χ3v) is 4.94. The minimum absolute atomic E-state index is 0.745. The first-order valence-electron chi connectivity index (χ1n) is 7.45. The average Bonchev–Trinajstić information content (AvgIpc) is 3.08. The van der Waals surface area contributed by atoms with Gasteiger partial charge in [0.1, 0.15) is 0 Å². The Kier molecular flexibility index (Phi) is 2.66. The van der Waals surface area contributed by atoms with Crippen LogP contribution < -0.4 is 10.6 Å². The fourth-order valence-electron chi connectivity index (χ4n) is 3.94. The maximum atomic E-state index is 3.90. The van der Waals surface area contributed by atoms with Crippen LogP contribution in [0.1, 0.15) is 43.6 Å².